The summed E-state index contributed by atoms with van der Waals surface area (Å²) in [5, 5.41) is 20.9. The number of nitrogens with zero attached hydrogens (tertiary/aromatic N) is 4. The minimum atomic E-state index is -0.737. The van der Waals surface area contributed by atoms with Gasteiger partial charge in [0.25, 0.3) is 5.56 Å². The Morgan fingerprint density at radius 1 is 1.14 bits per heavy atom. The molecule has 1 atom stereocenters. The minimum Gasteiger partial charge on any atom is -0.387 e. The maximum absolute atomic E-state index is 12.9. The summed E-state index contributed by atoms with van der Waals surface area (Å²) < 4.78 is 3.54. The first-order chi connectivity index (χ1) is 13.6. The molecule has 0 saturated carbocycles. The predicted octanol–water partition coefficient (Wildman–Crippen LogP) is 3.93. The third-order valence-corrected chi connectivity index (χ3v) is 5.91. The van der Waals surface area contributed by atoms with Crippen LogP contribution in [0.4, 0.5) is 0 Å². The maximum atomic E-state index is 12.9. The molecule has 0 saturated heterocycles. The smallest absolute Gasteiger partial charge is 0.262 e. The van der Waals surface area contributed by atoms with Crippen LogP contribution < -0.4 is 5.56 Å². The molecule has 2 heterocycles. The number of halogens is 1. The van der Waals surface area contributed by atoms with Crippen molar-refractivity contribution >= 4 is 40.0 Å². The number of rotatable bonds is 6. The highest BCUT2D eigenvalue weighted by Gasteiger charge is 2.18. The lowest BCUT2D eigenvalue weighted by atomic mass is 10.1. The summed E-state index contributed by atoms with van der Waals surface area (Å²) in [7, 11) is 0. The van der Waals surface area contributed by atoms with Gasteiger partial charge in [0, 0.05) is 17.3 Å². The van der Waals surface area contributed by atoms with Crippen molar-refractivity contribution in [3.63, 3.8) is 0 Å². The Kier molecular flexibility index (Phi) is 5.39. The van der Waals surface area contributed by atoms with Crippen LogP contribution in [0.3, 0.4) is 0 Å². The van der Waals surface area contributed by atoms with Gasteiger partial charge in [0.05, 0.1) is 17.0 Å². The van der Waals surface area contributed by atoms with Crippen LogP contribution in [-0.2, 0) is 6.54 Å². The summed E-state index contributed by atoms with van der Waals surface area (Å²) in [4.78, 5) is 12.9. The van der Waals surface area contributed by atoms with Gasteiger partial charge in [-0.25, -0.2) is 0 Å². The van der Waals surface area contributed by atoms with Crippen LogP contribution >= 0.6 is 23.4 Å². The fourth-order valence-electron chi connectivity index (χ4n) is 3.24. The zero-order valence-electron chi connectivity index (χ0n) is 15.2. The van der Waals surface area contributed by atoms with Gasteiger partial charge in [-0.3, -0.25) is 13.8 Å². The number of aliphatic hydroxyl groups is 1. The summed E-state index contributed by atoms with van der Waals surface area (Å²) in [6.45, 7) is 2.59. The lowest BCUT2D eigenvalue weighted by Gasteiger charge is -2.13. The van der Waals surface area contributed by atoms with E-state index in [2.05, 4.69) is 10.2 Å². The van der Waals surface area contributed by atoms with Crippen LogP contribution in [0.2, 0.25) is 5.02 Å². The quantitative estimate of drug-likeness (QED) is 0.484. The summed E-state index contributed by atoms with van der Waals surface area (Å²) in [6.07, 6.45) is 0.0768. The molecule has 0 amide bonds. The van der Waals surface area contributed by atoms with Gasteiger partial charge in [-0.05, 0) is 30.2 Å². The second-order valence-electron chi connectivity index (χ2n) is 6.44. The standard InChI is InChI=1S/C20H19ClN4O2S/c1-2-11-24-18(27)14-8-4-6-10-16(14)25-19(24)22-23-20(25)28-12-17(26)13-7-3-5-9-15(13)21/h3-10,17,26H,2,11-12H2,1H3. The van der Waals surface area contributed by atoms with Gasteiger partial charge in [0.2, 0.25) is 5.78 Å². The number of thioether (sulfide) groups is 1. The van der Waals surface area contributed by atoms with E-state index >= 15 is 0 Å². The van der Waals surface area contributed by atoms with Crippen LogP contribution in [-0.4, -0.2) is 30.0 Å². The molecule has 4 aromatic rings. The van der Waals surface area contributed by atoms with Gasteiger partial charge < -0.3 is 5.11 Å². The Morgan fingerprint density at radius 3 is 2.68 bits per heavy atom. The second kappa shape index (κ2) is 7.95. The Bertz CT molecular complexity index is 1200. The zero-order valence-corrected chi connectivity index (χ0v) is 16.8. The van der Waals surface area contributed by atoms with E-state index in [0.29, 0.717) is 39.2 Å². The van der Waals surface area contributed by atoms with Gasteiger partial charge >= 0.3 is 0 Å². The first kappa shape index (κ1) is 19.0. The molecular formula is C20H19ClN4O2S. The molecule has 144 valence electrons. The van der Waals surface area contributed by atoms with Gasteiger partial charge in [-0.2, -0.15) is 0 Å². The molecular weight excluding hydrogens is 396 g/mol. The van der Waals surface area contributed by atoms with E-state index in [-0.39, 0.29) is 5.56 Å². The number of aliphatic hydroxyl groups excluding tert-OH is 1. The van der Waals surface area contributed by atoms with E-state index in [9.17, 15) is 9.90 Å². The number of aromatic nitrogens is 4. The molecule has 4 rings (SSSR count). The lowest BCUT2D eigenvalue weighted by molar-refractivity contribution is 0.204. The van der Waals surface area contributed by atoms with Crippen LogP contribution in [0.1, 0.15) is 25.0 Å². The van der Waals surface area contributed by atoms with Crippen molar-refractivity contribution in [2.45, 2.75) is 31.1 Å². The van der Waals surface area contributed by atoms with E-state index in [1.165, 1.54) is 11.8 Å². The molecule has 0 aliphatic rings. The van der Waals surface area contributed by atoms with Crippen molar-refractivity contribution in [2.75, 3.05) is 5.75 Å². The van der Waals surface area contributed by atoms with Crippen LogP contribution in [0.5, 0.6) is 0 Å². The first-order valence-corrected chi connectivity index (χ1v) is 10.4. The average Bonchev–Trinajstić information content (AvgIpc) is 3.13. The van der Waals surface area contributed by atoms with Gasteiger partial charge in [-0.1, -0.05) is 60.6 Å². The molecule has 0 radical (unpaired) electrons. The predicted molar refractivity (Wildman–Crippen MR) is 112 cm³/mol. The molecule has 2 aromatic heterocycles. The number of para-hydroxylation sites is 1. The van der Waals surface area contributed by atoms with Crippen LogP contribution in [0, 0.1) is 0 Å². The summed E-state index contributed by atoms with van der Waals surface area (Å²) in [5.41, 5.74) is 1.37. The third kappa shape index (κ3) is 3.30. The third-order valence-electron chi connectivity index (χ3n) is 4.56. The number of fused-ring (bicyclic) bond motifs is 3. The van der Waals surface area contributed by atoms with Crippen molar-refractivity contribution < 1.29 is 5.11 Å². The molecule has 0 bridgehead atoms. The minimum absolute atomic E-state index is 0.0648. The van der Waals surface area contributed by atoms with Crippen LogP contribution in [0.25, 0.3) is 16.7 Å². The van der Waals surface area contributed by atoms with Crippen molar-refractivity contribution in [1.29, 1.82) is 0 Å². The highest BCUT2D eigenvalue weighted by atomic mass is 35.5. The highest BCUT2D eigenvalue weighted by Crippen LogP contribution is 2.29. The lowest BCUT2D eigenvalue weighted by Crippen LogP contribution is -2.23. The molecule has 0 aliphatic carbocycles. The fraction of sp³-hybridized carbons (Fsp3) is 0.250. The molecule has 8 heteroatoms. The van der Waals surface area contributed by atoms with E-state index in [0.717, 1.165) is 11.9 Å². The van der Waals surface area contributed by atoms with E-state index in [4.69, 9.17) is 11.6 Å². The SMILES string of the molecule is CCCn1c(=O)c2ccccc2n2c(SCC(O)c3ccccc3Cl)nnc12. The normalized spacial score (nSPS) is 12.7. The Morgan fingerprint density at radius 2 is 1.89 bits per heavy atom. The molecule has 28 heavy (non-hydrogen) atoms. The van der Waals surface area contributed by atoms with E-state index in [1.807, 2.05) is 53.8 Å². The number of aryl methyl sites for hydroxylation is 1. The molecule has 6 nitrogen and oxygen atoms in total. The Labute approximate surface area is 170 Å². The monoisotopic (exact) mass is 414 g/mol. The summed E-state index contributed by atoms with van der Waals surface area (Å²) in [6, 6.07) is 14.7. The summed E-state index contributed by atoms with van der Waals surface area (Å²) >= 11 is 7.57. The number of hydrogen-bond donors (Lipinski definition) is 1. The van der Waals surface area contributed by atoms with Crippen LogP contribution in [0.15, 0.2) is 58.5 Å². The number of hydrogen-bond acceptors (Lipinski definition) is 5. The molecule has 1 N–H and O–H groups in total. The largest absolute Gasteiger partial charge is 0.387 e. The molecule has 0 spiro atoms. The van der Waals surface area contributed by atoms with Gasteiger partial charge in [0.1, 0.15) is 0 Å². The van der Waals surface area contributed by atoms with Crippen molar-refractivity contribution in [3.8, 4) is 0 Å². The average molecular weight is 415 g/mol. The Hall–Kier alpha value is -2.35. The van der Waals surface area contributed by atoms with E-state index in [1.54, 1.807) is 10.6 Å². The van der Waals surface area contributed by atoms with Crippen molar-refractivity contribution in [1.82, 2.24) is 19.2 Å². The molecule has 1 unspecified atom stereocenters. The molecule has 2 aromatic carbocycles. The number of benzene rings is 2. The van der Waals surface area contributed by atoms with E-state index < -0.39 is 6.10 Å². The fourth-order valence-corrected chi connectivity index (χ4v) is 4.40. The van der Waals surface area contributed by atoms with Gasteiger partial charge in [0.15, 0.2) is 5.16 Å². The zero-order chi connectivity index (χ0) is 19.7. The summed E-state index contributed by atoms with van der Waals surface area (Å²) in [5.74, 6) is 0.881. The highest BCUT2D eigenvalue weighted by molar-refractivity contribution is 7.99. The maximum Gasteiger partial charge on any atom is 0.262 e. The van der Waals surface area contributed by atoms with Gasteiger partial charge in [-0.15, -0.1) is 10.2 Å². The first-order valence-electron chi connectivity index (χ1n) is 9.03. The Balaban J connectivity index is 1.76. The second-order valence-corrected chi connectivity index (χ2v) is 7.83. The van der Waals surface area contributed by atoms with Crippen molar-refractivity contribution in [3.05, 3.63) is 69.5 Å². The van der Waals surface area contributed by atoms with Crippen molar-refractivity contribution in [2.24, 2.45) is 0 Å². The molecule has 0 aliphatic heterocycles. The topological polar surface area (TPSA) is 72.4 Å². The molecule has 0 fully saturated rings.